The average molecular weight is 481 g/mol. The minimum Gasteiger partial charge on any atom is -0.497 e. The van der Waals surface area contributed by atoms with Gasteiger partial charge in [-0.1, -0.05) is 18.2 Å². The number of likely N-dealkylation sites (N-methyl/N-ethyl adjacent to an activating group) is 1. The normalized spacial score (nSPS) is 24.6. The highest BCUT2D eigenvalue weighted by Gasteiger charge is 2.42. The molecule has 34 heavy (non-hydrogen) atoms. The third-order valence-electron chi connectivity index (χ3n) is 6.75. The molecule has 3 atom stereocenters. The predicted molar refractivity (Wildman–Crippen MR) is 131 cm³/mol. The fraction of sp³-hybridized carbons (Fsp3) is 0.385. The number of hydrogen-bond acceptors (Lipinski definition) is 6. The van der Waals surface area contributed by atoms with Gasteiger partial charge in [-0.05, 0) is 60.7 Å². The number of thioether (sulfide) groups is 1. The molecule has 0 bridgehead atoms. The van der Waals surface area contributed by atoms with Gasteiger partial charge in [-0.3, -0.25) is 9.59 Å². The monoisotopic (exact) mass is 480 g/mol. The SMILES string of the molecule is COc1ccc(/C=C2/SC3CCC(C(=O)NCc4ccc5c(c4)OCO5)CC3N(C)C2=O)cc1. The van der Waals surface area contributed by atoms with Crippen LogP contribution in [0.5, 0.6) is 17.2 Å². The Morgan fingerprint density at radius 2 is 1.97 bits per heavy atom. The maximum absolute atomic E-state index is 13.1. The van der Waals surface area contributed by atoms with Gasteiger partial charge in [0, 0.05) is 30.8 Å². The Bertz CT molecular complexity index is 1120. The van der Waals surface area contributed by atoms with E-state index in [2.05, 4.69) is 5.32 Å². The van der Waals surface area contributed by atoms with Crippen LogP contribution in [0.3, 0.4) is 0 Å². The number of benzene rings is 2. The summed E-state index contributed by atoms with van der Waals surface area (Å²) >= 11 is 1.65. The summed E-state index contributed by atoms with van der Waals surface area (Å²) in [7, 11) is 3.49. The van der Waals surface area contributed by atoms with Crippen molar-refractivity contribution in [1.82, 2.24) is 10.2 Å². The second-order valence-corrected chi connectivity index (χ2v) is 10.1. The van der Waals surface area contributed by atoms with Crippen LogP contribution in [-0.2, 0) is 16.1 Å². The van der Waals surface area contributed by atoms with Gasteiger partial charge < -0.3 is 24.4 Å². The lowest BCUT2D eigenvalue weighted by atomic mass is 9.83. The Morgan fingerprint density at radius 1 is 1.18 bits per heavy atom. The minimum atomic E-state index is -0.0989. The second kappa shape index (κ2) is 9.62. The Labute approximate surface area is 203 Å². The highest BCUT2D eigenvalue weighted by atomic mass is 32.2. The molecule has 8 heteroatoms. The smallest absolute Gasteiger partial charge is 0.260 e. The molecule has 3 unspecified atom stereocenters. The lowest BCUT2D eigenvalue weighted by molar-refractivity contribution is -0.132. The van der Waals surface area contributed by atoms with Crippen molar-refractivity contribution in [3.05, 3.63) is 58.5 Å². The molecule has 1 saturated carbocycles. The van der Waals surface area contributed by atoms with Gasteiger partial charge in [0.25, 0.3) is 5.91 Å². The molecule has 2 aromatic rings. The van der Waals surface area contributed by atoms with E-state index in [1.165, 1.54) is 0 Å². The predicted octanol–water partition coefficient (Wildman–Crippen LogP) is 3.82. The molecule has 1 saturated heterocycles. The van der Waals surface area contributed by atoms with Crippen LogP contribution in [0.15, 0.2) is 47.4 Å². The van der Waals surface area contributed by atoms with Crippen LogP contribution in [0.25, 0.3) is 6.08 Å². The zero-order valence-corrected chi connectivity index (χ0v) is 20.1. The van der Waals surface area contributed by atoms with Gasteiger partial charge in [0.15, 0.2) is 11.5 Å². The number of amides is 2. The number of nitrogens with one attached hydrogen (secondary N) is 1. The van der Waals surface area contributed by atoms with Gasteiger partial charge in [0.1, 0.15) is 5.75 Å². The minimum absolute atomic E-state index is 0.0171. The van der Waals surface area contributed by atoms with Crippen LogP contribution in [-0.4, -0.2) is 49.0 Å². The molecule has 7 nitrogen and oxygen atoms in total. The van der Waals surface area contributed by atoms with E-state index in [1.807, 2.05) is 60.5 Å². The fourth-order valence-corrected chi connectivity index (χ4v) is 6.25. The van der Waals surface area contributed by atoms with Crippen molar-refractivity contribution in [3.63, 3.8) is 0 Å². The van der Waals surface area contributed by atoms with E-state index in [9.17, 15) is 9.59 Å². The summed E-state index contributed by atoms with van der Waals surface area (Å²) in [5.74, 6) is 2.20. The molecule has 1 aliphatic carbocycles. The summed E-state index contributed by atoms with van der Waals surface area (Å²) in [5, 5.41) is 3.36. The standard InChI is InChI=1S/C26H28N2O5S/c1-28-20-13-18(25(29)27-14-17-5-9-21-22(11-17)33-15-32-21)6-10-23(20)34-24(26(28)30)12-16-3-7-19(31-2)8-4-16/h3-5,7-9,11-12,18,20,23H,6,10,13-15H2,1-2H3,(H,27,29)/b24-12+. The molecule has 3 aliphatic rings. The zero-order chi connectivity index (χ0) is 23.7. The number of fused-ring (bicyclic) bond motifs is 2. The quantitative estimate of drug-likeness (QED) is 0.656. The lowest BCUT2D eigenvalue weighted by Crippen LogP contribution is -2.52. The number of carbonyl (C=O) groups is 2. The topological polar surface area (TPSA) is 77.1 Å². The van der Waals surface area contributed by atoms with Crippen LogP contribution in [0.2, 0.25) is 0 Å². The molecule has 2 fully saturated rings. The van der Waals surface area contributed by atoms with Gasteiger partial charge in [-0.25, -0.2) is 0 Å². The number of ether oxygens (including phenoxy) is 3. The number of nitrogens with zero attached hydrogens (tertiary/aromatic N) is 1. The average Bonchev–Trinajstić information content (AvgIpc) is 3.34. The Balaban J connectivity index is 1.20. The van der Waals surface area contributed by atoms with Crippen molar-refractivity contribution in [1.29, 1.82) is 0 Å². The van der Waals surface area contributed by atoms with E-state index in [4.69, 9.17) is 14.2 Å². The molecule has 2 aliphatic heterocycles. The van der Waals surface area contributed by atoms with Crippen LogP contribution in [0, 0.1) is 5.92 Å². The van der Waals surface area contributed by atoms with Gasteiger partial charge in [-0.15, -0.1) is 11.8 Å². The molecule has 2 heterocycles. The van der Waals surface area contributed by atoms with Crippen molar-refractivity contribution in [2.24, 2.45) is 5.92 Å². The summed E-state index contributed by atoms with van der Waals surface area (Å²) < 4.78 is 16.0. The van der Waals surface area contributed by atoms with Gasteiger partial charge >= 0.3 is 0 Å². The summed E-state index contributed by atoms with van der Waals surface area (Å²) in [6.07, 6.45) is 4.35. The van der Waals surface area contributed by atoms with Crippen molar-refractivity contribution in [2.45, 2.75) is 37.1 Å². The van der Waals surface area contributed by atoms with E-state index in [-0.39, 0.29) is 30.6 Å². The first-order chi connectivity index (χ1) is 16.5. The molecule has 2 aromatic carbocycles. The third kappa shape index (κ3) is 4.59. The second-order valence-electron chi connectivity index (χ2n) is 8.84. The zero-order valence-electron chi connectivity index (χ0n) is 19.3. The summed E-state index contributed by atoms with van der Waals surface area (Å²) in [5.41, 5.74) is 1.94. The first-order valence-corrected chi connectivity index (χ1v) is 12.4. The third-order valence-corrected chi connectivity index (χ3v) is 8.15. The summed E-state index contributed by atoms with van der Waals surface area (Å²) in [6.45, 7) is 0.676. The molecule has 5 rings (SSSR count). The maximum Gasteiger partial charge on any atom is 0.260 e. The van der Waals surface area contributed by atoms with Crippen LogP contribution in [0.1, 0.15) is 30.4 Å². The van der Waals surface area contributed by atoms with E-state index in [0.29, 0.717) is 24.0 Å². The first kappa shape index (κ1) is 22.7. The highest BCUT2D eigenvalue weighted by molar-refractivity contribution is 8.04. The van der Waals surface area contributed by atoms with Gasteiger partial charge in [0.2, 0.25) is 12.7 Å². The van der Waals surface area contributed by atoms with Crippen LogP contribution >= 0.6 is 11.8 Å². The Kier molecular flexibility index (Phi) is 6.41. The lowest BCUT2D eigenvalue weighted by Gasteiger charge is -2.44. The number of hydrogen-bond donors (Lipinski definition) is 1. The molecule has 178 valence electrons. The van der Waals surface area contributed by atoms with Crippen molar-refractivity contribution in [3.8, 4) is 17.2 Å². The van der Waals surface area contributed by atoms with Crippen molar-refractivity contribution >= 4 is 29.7 Å². The first-order valence-electron chi connectivity index (χ1n) is 11.5. The van der Waals surface area contributed by atoms with Crippen LogP contribution in [0.4, 0.5) is 0 Å². The van der Waals surface area contributed by atoms with E-state index < -0.39 is 0 Å². The molecular formula is C26H28N2O5S. The number of carbonyl (C=O) groups excluding carboxylic acids is 2. The molecule has 0 spiro atoms. The fourth-order valence-electron chi connectivity index (χ4n) is 4.77. The van der Waals surface area contributed by atoms with E-state index in [0.717, 1.165) is 40.4 Å². The Morgan fingerprint density at radius 3 is 2.76 bits per heavy atom. The molecule has 1 N–H and O–H groups in total. The van der Waals surface area contributed by atoms with Crippen molar-refractivity contribution in [2.75, 3.05) is 21.0 Å². The van der Waals surface area contributed by atoms with Crippen molar-refractivity contribution < 1.29 is 23.8 Å². The molecule has 0 radical (unpaired) electrons. The summed E-state index contributed by atoms with van der Waals surface area (Å²) in [4.78, 5) is 28.6. The molecule has 0 aromatic heterocycles. The van der Waals surface area contributed by atoms with E-state index in [1.54, 1.807) is 18.9 Å². The molecular weight excluding hydrogens is 452 g/mol. The number of methoxy groups -OCH3 is 1. The largest absolute Gasteiger partial charge is 0.497 e. The van der Waals surface area contributed by atoms with Crippen LogP contribution < -0.4 is 19.5 Å². The molecule has 2 amide bonds. The van der Waals surface area contributed by atoms with Gasteiger partial charge in [0.05, 0.1) is 12.0 Å². The Hall–Kier alpha value is -3.13. The van der Waals surface area contributed by atoms with E-state index >= 15 is 0 Å². The highest BCUT2D eigenvalue weighted by Crippen LogP contribution is 2.43. The van der Waals surface area contributed by atoms with Gasteiger partial charge in [-0.2, -0.15) is 0 Å². The number of rotatable bonds is 5. The summed E-state index contributed by atoms with van der Waals surface area (Å²) in [6, 6.07) is 13.5. The maximum atomic E-state index is 13.1.